The quantitative estimate of drug-likeness (QED) is 0.817. The predicted octanol–water partition coefficient (Wildman–Crippen LogP) is 3.95. The minimum atomic E-state index is -0.451. The fourth-order valence-electron chi connectivity index (χ4n) is 3.04. The summed E-state index contributed by atoms with van der Waals surface area (Å²) in [5.74, 6) is -0.816. The average molecular weight is 335 g/mol. The van der Waals surface area contributed by atoms with Gasteiger partial charge >= 0.3 is 0 Å². The number of carbonyl (C=O) groups excluding carboxylic acids is 1. The summed E-state index contributed by atoms with van der Waals surface area (Å²) in [5, 5.41) is 2.96. The van der Waals surface area contributed by atoms with Crippen molar-refractivity contribution < 1.29 is 9.18 Å². The van der Waals surface area contributed by atoms with Crippen molar-refractivity contribution in [3.05, 3.63) is 64.5 Å². The van der Waals surface area contributed by atoms with Gasteiger partial charge in [0.1, 0.15) is 5.82 Å². The third-order valence-electron chi connectivity index (χ3n) is 4.22. The van der Waals surface area contributed by atoms with E-state index in [1.54, 1.807) is 19.1 Å². The maximum absolute atomic E-state index is 14.1. The molecule has 3 N–H and O–H groups in total. The van der Waals surface area contributed by atoms with Crippen molar-refractivity contribution in [3.8, 4) is 0 Å². The second kappa shape index (κ2) is 7.01. The molecule has 0 aromatic heterocycles. The first-order valence-corrected chi connectivity index (χ1v) is 7.50. The van der Waals surface area contributed by atoms with Crippen LogP contribution in [0, 0.1) is 12.7 Å². The molecular weight excluding hydrogens is 315 g/mol. The van der Waals surface area contributed by atoms with Gasteiger partial charge in [0.05, 0.1) is 11.6 Å². The van der Waals surface area contributed by atoms with Crippen LogP contribution in [0.2, 0.25) is 0 Å². The Morgan fingerprint density at radius 2 is 2.09 bits per heavy atom. The molecule has 122 valence electrons. The normalized spacial score (nSPS) is 16.2. The zero-order chi connectivity index (χ0) is 15.7. The van der Waals surface area contributed by atoms with E-state index in [4.69, 9.17) is 5.73 Å². The number of benzene rings is 2. The smallest absolute Gasteiger partial charge is 0.254 e. The maximum Gasteiger partial charge on any atom is 0.254 e. The van der Waals surface area contributed by atoms with E-state index in [1.807, 2.05) is 18.2 Å². The number of fused-ring (bicyclic) bond motifs is 1. The van der Waals surface area contributed by atoms with Gasteiger partial charge in [-0.1, -0.05) is 18.2 Å². The summed E-state index contributed by atoms with van der Waals surface area (Å²) in [6.45, 7) is 1.66. The van der Waals surface area contributed by atoms with E-state index in [9.17, 15) is 9.18 Å². The van der Waals surface area contributed by atoms with Crippen molar-refractivity contribution in [2.24, 2.45) is 0 Å². The van der Waals surface area contributed by atoms with Crippen LogP contribution in [0.25, 0.3) is 0 Å². The molecule has 5 heteroatoms. The van der Waals surface area contributed by atoms with Gasteiger partial charge in [0.15, 0.2) is 0 Å². The first kappa shape index (κ1) is 17.3. The number of nitrogen functional groups attached to an aromatic ring is 1. The Morgan fingerprint density at radius 1 is 1.30 bits per heavy atom. The van der Waals surface area contributed by atoms with Gasteiger partial charge in [0, 0.05) is 5.69 Å². The summed E-state index contributed by atoms with van der Waals surface area (Å²) < 4.78 is 14.1. The van der Waals surface area contributed by atoms with E-state index in [-0.39, 0.29) is 29.9 Å². The first-order chi connectivity index (χ1) is 10.6. The standard InChI is InChI=1S/C18H19FN2O.ClH/c1-11-4-2-6-15(17(11)19)18(22)21-16-7-3-5-12-10-13(20)8-9-14(12)16;/h2,4,6,8-10,16H,3,5,7,20H2,1H3,(H,21,22);1H. The largest absolute Gasteiger partial charge is 0.399 e. The SMILES string of the molecule is Cc1cccc(C(=O)NC2CCCc3cc(N)ccc32)c1F.Cl. The van der Waals surface area contributed by atoms with Crippen LogP contribution in [0.15, 0.2) is 36.4 Å². The van der Waals surface area contributed by atoms with Crippen molar-refractivity contribution in [2.45, 2.75) is 32.2 Å². The van der Waals surface area contributed by atoms with Gasteiger partial charge in [-0.25, -0.2) is 4.39 Å². The second-order valence-corrected chi connectivity index (χ2v) is 5.81. The van der Waals surface area contributed by atoms with Crippen LogP contribution in [0.5, 0.6) is 0 Å². The Labute approximate surface area is 141 Å². The van der Waals surface area contributed by atoms with E-state index in [0.29, 0.717) is 5.56 Å². The fourth-order valence-corrected chi connectivity index (χ4v) is 3.04. The summed E-state index contributed by atoms with van der Waals surface area (Å²) in [6.07, 6.45) is 2.80. The van der Waals surface area contributed by atoms with Gasteiger partial charge < -0.3 is 11.1 Å². The predicted molar refractivity (Wildman–Crippen MR) is 92.4 cm³/mol. The number of amides is 1. The third-order valence-corrected chi connectivity index (χ3v) is 4.22. The van der Waals surface area contributed by atoms with Crippen LogP contribution >= 0.6 is 12.4 Å². The molecule has 0 bridgehead atoms. The van der Waals surface area contributed by atoms with E-state index in [2.05, 4.69) is 5.32 Å². The van der Waals surface area contributed by atoms with Crippen molar-refractivity contribution in [1.29, 1.82) is 0 Å². The van der Waals surface area contributed by atoms with Crippen molar-refractivity contribution in [3.63, 3.8) is 0 Å². The summed E-state index contributed by atoms with van der Waals surface area (Å²) >= 11 is 0. The number of nitrogens with one attached hydrogen (secondary N) is 1. The highest BCUT2D eigenvalue weighted by atomic mass is 35.5. The minimum absolute atomic E-state index is 0. The Balaban J connectivity index is 0.00000192. The van der Waals surface area contributed by atoms with Crippen LogP contribution in [0.4, 0.5) is 10.1 Å². The van der Waals surface area contributed by atoms with E-state index in [1.165, 1.54) is 11.6 Å². The second-order valence-electron chi connectivity index (χ2n) is 5.81. The maximum atomic E-state index is 14.1. The molecule has 0 saturated carbocycles. The van der Waals surface area contributed by atoms with Gasteiger partial charge in [-0.15, -0.1) is 12.4 Å². The van der Waals surface area contributed by atoms with Crippen LogP contribution in [0.1, 0.15) is 45.9 Å². The summed E-state index contributed by atoms with van der Waals surface area (Å²) in [5.41, 5.74) is 9.38. The van der Waals surface area contributed by atoms with Crippen molar-refractivity contribution in [2.75, 3.05) is 5.73 Å². The molecule has 0 spiro atoms. The molecule has 23 heavy (non-hydrogen) atoms. The van der Waals surface area contributed by atoms with Crippen LogP contribution in [-0.2, 0) is 6.42 Å². The molecule has 1 amide bonds. The number of aryl methyl sites for hydroxylation is 2. The fraction of sp³-hybridized carbons (Fsp3) is 0.278. The number of rotatable bonds is 2. The van der Waals surface area contributed by atoms with E-state index in [0.717, 1.165) is 30.5 Å². The Kier molecular flexibility index (Phi) is 5.26. The molecule has 1 aliphatic rings. The lowest BCUT2D eigenvalue weighted by molar-refractivity contribution is 0.0928. The molecule has 2 aromatic carbocycles. The molecule has 0 fully saturated rings. The summed E-state index contributed by atoms with van der Waals surface area (Å²) in [6, 6.07) is 10.5. The number of halogens is 2. The number of anilines is 1. The molecule has 0 aliphatic heterocycles. The summed E-state index contributed by atoms with van der Waals surface area (Å²) in [7, 11) is 0. The monoisotopic (exact) mass is 334 g/mol. The summed E-state index contributed by atoms with van der Waals surface area (Å²) in [4.78, 5) is 12.4. The van der Waals surface area contributed by atoms with Crippen LogP contribution < -0.4 is 11.1 Å². The van der Waals surface area contributed by atoms with E-state index < -0.39 is 5.82 Å². The van der Waals surface area contributed by atoms with E-state index >= 15 is 0 Å². The molecule has 0 radical (unpaired) electrons. The van der Waals surface area contributed by atoms with Crippen LogP contribution in [0.3, 0.4) is 0 Å². The lowest BCUT2D eigenvalue weighted by Crippen LogP contribution is -2.31. The first-order valence-electron chi connectivity index (χ1n) is 7.50. The highest BCUT2D eigenvalue weighted by Gasteiger charge is 2.23. The highest BCUT2D eigenvalue weighted by Crippen LogP contribution is 2.31. The molecule has 1 atom stereocenters. The van der Waals surface area contributed by atoms with Crippen molar-refractivity contribution >= 4 is 24.0 Å². The third kappa shape index (κ3) is 3.48. The molecule has 1 aliphatic carbocycles. The van der Waals surface area contributed by atoms with Gasteiger partial charge in [0.25, 0.3) is 5.91 Å². The van der Waals surface area contributed by atoms with Crippen molar-refractivity contribution in [1.82, 2.24) is 5.32 Å². The minimum Gasteiger partial charge on any atom is -0.399 e. The lowest BCUT2D eigenvalue weighted by Gasteiger charge is -2.26. The average Bonchev–Trinajstić information content (AvgIpc) is 2.50. The molecule has 2 aromatic rings. The number of hydrogen-bond acceptors (Lipinski definition) is 2. The number of hydrogen-bond donors (Lipinski definition) is 2. The molecular formula is C18H20ClFN2O. The van der Waals surface area contributed by atoms with Crippen LogP contribution in [-0.4, -0.2) is 5.91 Å². The highest BCUT2D eigenvalue weighted by molar-refractivity contribution is 5.95. The molecule has 0 saturated heterocycles. The molecule has 3 rings (SSSR count). The number of nitrogens with two attached hydrogens (primary N) is 1. The Hall–Kier alpha value is -2.07. The van der Waals surface area contributed by atoms with Gasteiger partial charge in [-0.2, -0.15) is 0 Å². The molecule has 1 unspecified atom stereocenters. The van der Waals surface area contributed by atoms with Gasteiger partial charge in [0.2, 0.25) is 0 Å². The lowest BCUT2D eigenvalue weighted by atomic mass is 9.87. The molecule has 0 heterocycles. The number of carbonyl (C=O) groups is 1. The van der Waals surface area contributed by atoms with Gasteiger partial charge in [-0.3, -0.25) is 4.79 Å². The Morgan fingerprint density at radius 3 is 2.87 bits per heavy atom. The zero-order valence-electron chi connectivity index (χ0n) is 12.9. The Bertz CT molecular complexity index is 733. The van der Waals surface area contributed by atoms with Gasteiger partial charge in [-0.05, 0) is 61.1 Å². The topological polar surface area (TPSA) is 55.1 Å². The molecule has 3 nitrogen and oxygen atoms in total. The zero-order valence-corrected chi connectivity index (χ0v) is 13.8.